The number of aliphatic hydroxyl groups is 4. The zero-order chi connectivity index (χ0) is 26.0. The molecule has 5 nitrogen and oxygen atoms in total. The number of ether oxygens (including phenoxy) is 1. The van der Waals surface area contributed by atoms with Crippen molar-refractivity contribution in [2.24, 2.45) is 0 Å². The lowest BCUT2D eigenvalue weighted by molar-refractivity contribution is -0.0799. The van der Waals surface area contributed by atoms with E-state index in [-0.39, 0.29) is 13.2 Å². The highest BCUT2D eigenvalue weighted by Gasteiger charge is 2.19. The van der Waals surface area contributed by atoms with Crippen LogP contribution in [0.25, 0.3) is 0 Å². The van der Waals surface area contributed by atoms with E-state index >= 15 is 0 Å². The third-order valence-corrected chi connectivity index (χ3v) is 7.17. The molecule has 0 radical (unpaired) electrons. The molecule has 0 spiro atoms. The molecule has 0 aromatic carbocycles. The maximum Gasteiger partial charge on any atom is 0.103 e. The van der Waals surface area contributed by atoms with E-state index < -0.39 is 24.4 Å². The second-order valence-corrected chi connectivity index (χ2v) is 10.7. The fraction of sp³-hybridized carbons (Fsp3) is 1.00. The summed E-state index contributed by atoms with van der Waals surface area (Å²) in [6, 6.07) is 0. The van der Waals surface area contributed by atoms with Gasteiger partial charge < -0.3 is 25.2 Å². The van der Waals surface area contributed by atoms with Crippen LogP contribution >= 0.6 is 0 Å². The summed E-state index contributed by atoms with van der Waals surface area (Å²) in [6.07, 6.45) is 22.5. The first-order valence-electron chi connectivity index (χ1n) is 15.3. The minimum Gasteiger partial charge on any atom is -0.390 e. The Morgan fingerprint density at radius 3 is 0.914 bits per heavy atom. The first kappa shape index (κ1) is 34.8. The van der Waals surface area contributed by atoms with Gasteiger partial charge in [-0.15, -0.1) is 0 Å². The van der Waals surface area contributed by atoms with Crippen molar-refractivity contribution in [3.8, 4) is 0 Å². The molecule has 0 heterocycles. The third kappa shape index (κ3) is 23.9. The van der Waals surface area contributed by atoms with Crippen molar-refractivity contribution < 1.29 is 25.2 Å². The first-order chi connectivity index (χ1) is 17.0. The Bertz CT molecular complexity index is 370. The van der Waals surface area contributed by atoms with Crippen LogP contribution < -0.4 is 0 Å². The smallest absolute Gasteiger partial charge is 0.103 e. The molecule has 4 N–H and O–H groups in total. The molecular weight excluding hydrogens is 440 g/mol. The Hall–Kier alpha value is -0.200. The van der Waals surface area contributed by atoms with Crippen molar-refractivity contribution in [3.05, 3.63) is 0 Å². The van der Waals surface area contributed by atoms with Crippen molar-refractivity contribution in [1.82, 2.24) is 0 Å². The fourth-order valence-electron chi connectivity index (χ4n) is 4.60. The highest BCUT2D eigenvalue weighted by atomic mass is 16.5. The zero-order valence-corrected chi connectivity index (χ0v) is 23.5. The summed E-state index contributed by atoms with van der Waals surface area (Å²) >= 11 is 0. The van der Waals surface area contributed by atoms with Gasteiger partial charge in [-0.3, -0.25) is 0 Å². The van der Waals surface area contributed by atoms with E-state index in [1.807, 2.05) is 0 Å². The number of rotatable bonds is 28. The molecule has 0 aromatic rings. The summed E-state index contributed by atoms with van der Waals surface area (Å²) in [6.45, 7) is 4.46. The van der Waals surface area contributed by atoms with Crippen molar-refractivity contribution in [3.63, 3.8) is 0 Å². The molecule has 0 aliphatic rings. The number of hydrogen-bond donors (Lipinski definition) is 4. The summed E-state index contributed by atoms with van der Waals surface area (Å²) in [5.41, 5.74) is 0. The molecule has 35 heavy (non-hydrogen) atoms. The van der Waals surface area contributed by atoms with Gasteiger partial charge in [0.25, 0.3) is 0 Å². The lowest BCUT2D eigenvalue weighted by Crippen LogP contribution is -2.35. The molecule has 0 saturated heterocycles. The molecule has 0 saturated carbocycles. The van der Waals surface area contributed by atoms with Gasteiger partial charge in [0.1, 0.15) is 12.2 Å². The van der Waals surface area contributed by atoms with Crippen LogP contribution in [0.2, 0.25) is 0 Å². The van der Waals surface area contributed by atoms with Crippen molar-refractivity contribution in [1.29, 1.82) is 0 Å². The van der Waals surface area contributed by atoms with E-state index in [2.05, 4.69) is 13.8 Å². The Morgan fingerprint density at radius 1 is 0.371 bits per heavy atom. The van der Waals surface area contributed by atoms with Crippen LogP contribution in [0.3, 0.4) is 0 Å². The molecule has 0 aliphatic carbocycles. The third-order valence-electron chi connectivity index (χ3n) is 7.17. The quantitative estimate of drug-likeness (QED) is 0.0859. The van der Waals surface area contributed by atoms with E-state index in [0.717, 1.165) is 25.7 Å². The van der Waals surface area contributed by atoms with Gasteiger partial charge in [0.15, 0.2) is 0 Å². The molecule has 0 fully saturated rings. The van der Waals surface area contributed by atoms with E-state index in [1.165, 1.54) is 103 Å². The average Bonchev–Trinajstić information content (AvgIpc) is 2.85. The molecule has 0 rings (SSSR count). The lowest BCUT2D eigenvalue weighted by Gasteiger charge is -2.21. The van der Waals surface area contributed by atoms with Crippen LogP contribution in [0.1, 0.15) is 155 Å². The molecule has 0 aromatic heterocycles. The molecule has 0 amide bonds. The molecule has 0 aliphatic heterocycles. The van der Waals surface area contributed by atoms with Crippen LogP contribution in [0.5, 0.6) is 0 Å². The largest absolute Gasteiger partial charge is 0.390 e. The topological polar surface area (TPSA) is 90.2 Å². The average molecular weight is 503 g/mol. The first-order valence-corrected chi connectivity index (χ1v) is 15.3. The molecule has 5 heteroatoms. The Morgan fingerprint density at radius 2 is 0.629 bits per heavy atom. The molecule has 0 bridgehead atoms. The van der Waals surface area contributed by atoms with E-state index in [4.69, 9.17) is 4.74 Å². The maximum absolute atomic E-state index is 10.1. The standard InChI is InChI=1S/C30H62O5/c1-3-5-7-9-11-13-15-17-19-21-23-27(31)29(33)25-35-26-30(34)28(32)24-22-20-18-16-14-12-10-8-6-4-2/h27-34H,3-26H2,1-2H3. The van der Waals surface area contributed by atoms with Crippen molar-refractivity contribution >= 4 is 0 Å². The van der Waals surface area contributed by atoms with E-state index in [1.54, 1.807) is 0 Å². The van der Waals surface area contributed by atoms with Gasteiger partial charge in [-0.1, -0.05) is 142 Å². The van der Waals surface area contributed by atoms with Gasteiger partial charge >= 0.3 is 0 Å². The lowest BCUT2D eigenvalue weighted by atomic mass is 10.0. The van der Waals surface area contributed by atoms with E-state index in [9.17, 15) is 20.4 Å². The Kier molecular flexibility index (Phi) is 26.7. The van der Waals surface area contributed by atoms with Crippen LogP contribution in [0, 0.1) is 0 Å². The monoisotopic (exact) mass is 502 g/mol. The van der Waals surface area contributed by atoms with Gasteiger partial charge in [-0.25, -0.2) is 0 Å². The highest BCUT2D eigenvalue weighted by molar-refractivity contribution is 4.70. The van der Waals surface area contributed by atoms with E-state index in [0.29, 0.717) is 12.8 Å². The second kappa shape index (κ2) is 26.9. The summed E-state index contributed by atoms with van der Waals surface area (Å²) < 4.78 is 5.38. The second-order valence-electron chi connectivity index (χ2n) is 10.7. The Balaban J connectivity index is 3.56. The molecule has 4 atom stereocenters. The van der Waals surface area contributed by atoms with Crippen LogP contribution in [0.15, 0.2) is 0 Å². The molecule has 212 valence electrons. The minimum atomic E-state index is -0.945. The zero-order valence-electron chi connectivity index (χ0n) is 23.5. The van der Waals surface area contributed by atoms with Crippen LogP contribution in [-0.4, -0.2) is 58.1 Å². The van der Waals surface area contributed by atoms with Gasteiger partial charge in [0.2, 0.25) is 0 Å². The highest BCUT2D eigenvalue weighted by Crippen LogP contribution is 2.15. The minimum absolute atomic E-state index is 0.0129. The van der Waals surface area contributed by atoms with Crippen molar-refractivity contribution in [2.75, 3.05) is 13.2 Å². The van der Waals surface area contributed by atoms with Gasteiger partial charge in [-0.2, -0.15) is 0 Å². The fourth-order valence-corrected chi connectivity index (χ4v) is 4.60. The SMILES string of the molecule is CCCCCCCCCCCCC(O)C(O)COCC(O)C(O)CCCCCCCCCCCC. The van der Waals surface area contributed by atoms with Crippen LogP contribution in [0.4, 0.5) is 0 Å². The number of hydrogen-bond acceptors (Lipinski definition) is 5. The normalized spacial score (nSPS) is 15.3. The summed E-state index contributed by atoms with van der Waals surface area (Å²) in [7, 11) is 0. The maximum atomic E-state index is 10.1. The number of unbranched alkanes of at least 4 members (excludes halogenated alkanes) is 18. The predicted octanol–water partition coefficient (Wildman–Crippen LogP) is 7.07. The number of aliphatic hydroxyl groups excluding tert-OH is 4. The summed E-state index contributed by atoms with van der Waals surface area (Å²) in [5.74, 6) is 0. The Labute approximate surface area is 218 Å². The van der Waals surface area contributed by atoms with Gasteiger partial charge in [-0.05, 0) is 12.8 Å². The summed E-state index contributed by atoms with van der Waals surface area (Å²) in [5, 5.41) is 40.5. The van der Waals surface area contributed by atoms with Crippen LogP contribution in [-0.2, 0) is 4.74 Å². The van der Waals surface area contributed by atoms with Crippen molar-refractivity contribution in [2.45, 2.75) is 180 Å². The van der Waals surface area contributed by atoms with Gasteiger partial charge in [0, 0.05) is 0 Å². The van der Waals surface area contributed by atoms with Gasteiger partial charge in [0.05, 0.1) is 25.4 Å². The summed E-state index contributed by atoms with van der Waals surface area (Å²) in [4.78, 5) is 0. The molecule has 4 unspecified atom stereocenters. The predicted molar refractivity (Wildman–Crippen MR) is 148 cm³/mol. The molecular formula is C30H62O5.